The predicted octanol–water partition coefficient (Wildman–Crippen LogP) is 1.61. The average Bonchev–Trinajstić information content (AvgIpc) is 3.39. The van der Waals surface area contributed by atoms with Gasteiger partial charge >= 0.3 is 5.97 Å². The van der Waals surface area contributed by atoms with Gasteiger partial charge in [-0.15, -0.1) is 0 Å². The zero-order valence-electron chi connectivity index (χ0n) is 15.0. The first-order valence-electron chi connectivity index (χ1n) is 8.86. The van der Waals surface area contributed by atoms with E-state index in [0.717, 1.165) is 0 Å². The second-order valence-electron chi connectivity index (χ2n) is 6.73. The van der Waals surface area contributed by atoms with Crippen molar-refractivity contribution >= 4 is 17.8 Å². The van der Waals surface area contributed by atoms with Crippen molar-refractivity contribution in [2.24, 2.45) is 11.8 Å². The van der Waals surface area contributed by atoms with Gasteiger partial charge in [-0.3, -0.25) is 19.8 Å². The number of carbonyl (C=O) groups is 3. The summed E-state index contributed by atoms with van der Waals surface area (Å²) in [6.07, 6.45) is 1.51. The molecule has 1 aromatic carbocycles. The SMILES string of the molecule is CCN1C(=O)[C@@H]2[C@H](c3ccco3)N[C@](C(=O)OC)(c3ccccc3)[C@H]2C1=O. The Labute approximate surface area is 156 Å². The second-order valence-corrected chi connectivity index (χ2v) is 6.73. The van der Waals surface area contributed by atoms with Crippen molar-refractivity contribution in [3.8, 4) is 0 Å². The van der Waals surface area contributed by atoms with Crippen molar-refractivity contribution < 1.29 is 23.5 Å². The van der Waals surface area contributed by atoms with Crippen molar-refractivity contribution in [2.45, 2.75) is 18.5 Å². The number of esters is 1. The third-order valence-corrected chi connectivity index (χ3v) is 5.55. The van der Waals surface area contributed by atoms with Crippen molar-refractivity contribution in [2.75, 3.05) is 13.7 Å². The summed E-state index contributed by atoms with van der Waals surface area (Å²) < 4.78 is 10.6. The van der Waals surface area contributed by atoms with Gasteiger partial charge in [0.2, 0.25) is 11.8 Å². The van der Waals surface area contributed by atoms with Gasteiger partial charge < -0.3 is 9.15 Å². The van der Waals surface area contributed by atoms with E-state index in [1.54, 1.807) is 43.3 Å². The number of nitrogens with zero attached hydrogens (tertiary/aromatic N) is 1. The Hall–Kier alpha value is -2.93. The molecule has 2 aromatic rings. The lowest BCUT2D eigenvalue weighted by atomic mass is 9.75. The maximum Gasteiger partial charge on any atom is 0.331 e. The Morgan fingerprint density at radius 3 is 2.52 bits per heavy atom. The fourth-order valence-corrected chi connectivity index (χ4v) is 4.42. The highest BCUT2D eigenvalue weighted by molar-refractivity contribution is 6.09. The summed E-state index contributed by atoms with van der Waals surface area (Å²) in [5.74, 6) is -2.42. The van der Waals surface area contributed by atoms with Crippen LogP contribution in [0.4, 0.5) is 0 Å². The molecule has 2 aliphatic rings. The molecule has 140 valence electrons. The molecule has 0 spiro atoms. The first-order valence-corrected chi connectivity index (χ1v) is 8.86. The summed E-state index contributed by atoms with van der Waals surface area (Å²) in [6, 6.07) is 11.8. The third kappa shape index (κ3) is 2.28. The quantitative estimate of drug-likeness (QED) is 0.652. The van der Waals surface area contributed by atoms with Crippen molar-refractivity contribution in [3.63, 3.8) is 0 Å². The van der Waals surface area contributed by atoms with Crippen LogP contribution in [-0.4, -0.2) is 36.3 Å². The second kappa shape index (κ2) is 6.35. The molecule has 4 rings (SSSR count). The third-order valence-electron chi connectivity index (χ3n) is 5.55. The number of nitrogens with one attached hydrogen (secondary N) is 1. The number of carbonyl (C=O) groups excluding carboxylic acids is 3. The summed E-state index contributed by atoms with van der Waals surface area (Å²) in [7, 11) is 1.28. The van der Waals surface area contributed by atoms with E-state index >= 15 is 0 Å². The van der Waals surface area contributed by atoms with Gasteiger partial charge in [-0.25, -0.2) is 4.79 Å². The molecule has 0 radical (unpaired) electrons. The summed E-state index contributed by atoms with van der Waals surface area (Å²) in [5.41, 5.74) is -0.880. The fourth-order valence-electron chi connectivity index (χ4n) is 4.42. The molecule has 7 heteroatoms. The Kier molecular flexibility index (Phi) is 4.11. The lowest BCUT2D eigenvalue weighted by Crippen LogP contribution is -2.53. The lowest BCUT2D eigenvalue weighted by molar-refractivity contribution is -0.154. The molecule has 7 nitrogen and oxygen atoms in total. The van der Waals surface area contributed by atoms with E-state index in [1.807, 2.05) is 6.07 Å². The van der Waals surface area contributed by atoms with Crippen LogP contribution in [-0.2, 0) is 24.7 Å². The number of methoxy groups -OCH3 is 1. The van der Waals surface area contributed by atoms with E-state index in [2.05, 4.69) is 5.32 Å². The first kappa shape index (κ1) is 17.5. The Balaban J connectivity index is 1.95. The molecule has 27 heavy (non-hydrogen) atoms. The number of hydrogen-bond acceptors (Lipinski definition) is 6. The fraction of sp³-hybridized carbons (Fsp3) is 0.350. The minimum absolute atomic E-state index is 0.252. The summed E-state index contributed by atoms with van der Waals surface area (Å²) in [5, 5.41) is 3.24. The van der Waals surface area contributed by atoms with Gasteiger partial charge in [-0.1, -0.05) is 30.3 Å². The number of imide groups is 1. The molecule has 2 aliphatic heterocycles. The Bertz CT molecular complexity index is 879. The van der Waals surface area contributed by atoms with Crippen molar-refractivity contribution in [3.05, 3.63) is 60.1 Å². The smallest absolute Gasteiger partial charge is 0.331 e. The summed E-state index contributed by atoms with van der Waals surface area (Å²) in [6.45, 7) is 2.00. The van der Waals surface area contributed by atoms with Crippen LogP contribution in [0.2, 0.25) is 0 Å². The maximum absolute atomic E-state index is 13.2. The van der Waals surface area contributed by atoms with Gasteiger partial charge in [0.1, 0.15) is 5.76 Å². The number of fused-ring (bicyclic) bond motifs is 1. The van der Waals surface area contributed by atoms with E-state index in [4.69, 9.17) is 9.15 Å². The number of ether oxygens (including phenoxy) is 1. The Morgan fingerprint density at radius 2 is 1.93 bits per heavy atom. The molecule has 0 unspecified atom stereocenters. The number of hydrogen-bond donors (Lipinski definition) is 1. The van der Waals surface area contributed by atoms with Crippen LogP contribution >= 0.6 is 0 Å². The van der Waals surface area contributed by atoms with E-state index in [9.17, 15) is 14.4 Å². The van der Waals surface area contributed by atoms with Crippen LogP contribution in [0.25, 0.3) is 0 Å². The number of likely N-dealkylation sites (tertiary alicyclic amines) is 1. The van der Waals surface area contributed by atoms with Crippen LogP contribution in [0.15, 0.2) is 53.1 Å². The van der Waals surface area contributed by atoms with Crippen LogP contribution in [0.1, 0.15) is 24.3 Å². The molecular weight excluding hydrogens is 348 g/mol. The molecule has 0 saturated carbocycles. The predicted molar refractivity (Wildman–Crippen MR) is 94.1 cm³/mol. The zero-order chi connectivity index (χ0) is 19.2. The largest absolute Gasteiger partial charge is 0.468 e. The van der Waals surface area contributed by atoms with E-state index < -0.39 is 29.4 Å². The summed E-state index contributed by atoms with van der Waals surface area (Å²) in [4.78, 5) is 40.5. The molecule has 2 fully saturated rings. The number of amides is 2. The van der Waals surface area contributed by atoms with Crippen LogP contribution < -0.4 is 5.32 Å². The normalized spacial score (nSPS) is 29.9. The van der Waals surface area contributed by atoms with Crippen LogP contribution in [0.5, 0.6) is 0 Å². The molecule has 0 bridgehead atoms. The minimum atomic E-state index is -1.46. The van der Waals surface area contributed by atoms with Crippen LogP contribution in [0, 0.1) is 11.8 Å². The van der Waals surface area contributed by atoms with E-state index in [1.165, 1.54) is 18.3 Å². The first-order chi connectivity index (χ1) is 13.1. The molecule has 0 aliphatic carbocycles. The lowest BCUT2D eigenvalue weighted by Gasteiger charge is -2.32. The van der Waals surface area contributed by atoms with Crippen molar-refractivity contribution in [1.82, 2.24) is 10.2 Å². The van der Waals surface area contributed by atoms with Gasteiger partial charge in [-0.2, -0.15) is 0 Å². The van der Waals surface area contributed by atoms with Gasteiger partial charge in [0.25, 0.3) is 0 Å². The molecule has 4 atom stereocenters. The topological polar surface area (TPSA) is 88.8 Å². The van der Waals surface area contributed by atoms with Gasteiger partial charge in [0, 0.05) is 6.54 Å². The Morgan fingerprint density at radius 1 is 1.19 bits per heavy atom. The van der Waals surface area contributed by atoms with E-state index in [0.29, 0.717) is 11.3 Å². The highest BCUT2D eigenvalue weighted by Crippen LogP contribution is 2.53. The number of rotatable bonds is 4. The number of furan rings is 1. The zero-order valence-corrected chi connectivity index (χ0v) is 15.0. The highest BCUT2D eigenvalue weighted by Gasteiger charge is 2.69. The highest BCUT2D eigenvalue weighted by atomic mass is 16.5. The monoisotopic (exact) mass is 368 g/mol. The molecule has 2 amide bonds. The summed E-state index contributed by atoms with van der Waals surface area (Å²) >= 11 is 0. The van der Waals surface area contributed by atoms with Crippen LogP contribution in [0.3, 0.4) is 0 Å². The molecular formula is C20H20N2O5. The van der Waals surface area contributed by atoms with Gasteiger partial charge in [-0.05, 0) is 24.6 Å². The standard InChI is InChI=1S/C20H20N2O5/c1-3-22-17(23)14-15(18(22)24)20(19(25)26-2,12-8-5-4-6-9-12)21-16(14)13-10-7-11-27-13/h4-11,14-16,21H,3H2,1-2H3/t14-,15+,16-,20+/m0/s1. The van der Waals surface area contributed by atoms with Gasteiger partial charge in [0.15, 0.2) is 5.54 Å². The molecule has 1 aromatic heterocycles. The van der Waals surface area contributed by atoms with Gasteiger partial charge in [0.05, 0.1) is 31.3 Å². The molecule has 3 heterocycles. The van der Waals surface area contributed by atoms with E-state index in [-0.39, 0.29) is 18.4 Å². The maximum atomic E-state index is 13.2. The van der Waals surface area contributed by atoms with Crippen molar-refractivity contribution in [1.29, 1.82) is 0 Å². The minimum Gasteiger partial charge on any atom is -0.468 e. The molecule has 2 saturated heterocycles. The molecule has 1 N–H and O–H groups in total. The average molecular weight is 368 g/mol. The number of benzene rings is 1.